The molecule has 1 fully saturated rings. The summed E-state index contributed by atoms with van der Waals surface area (Å²) in [5, 5.41) is 50.4. The number of rotatable bonds is 41. The Balaban J connectivity index is 1.41. The minimum atomic E-state index is -1.66. The summed E-state index contributed by atoms with van der Waals surface area (Å²) in [4.78, 5) is 127. The number of carbonyl (C=O) groups excluding carboxylic acids is 8. The van der Waals surface area contributed by atoms with E-state index in [-0.39, 0.29) is 109 Å². The summed E-state index contributed by atoms with van der Waals surface area (Å²) in [5.41, 5.74) is 6.13. The van der Waals surface area contributed by atoms with Gasteiger partial charge < -0.3 is 75.7 Å². The normalized spacial score (nSPS) is 14.3. The van der Waals surface area contributed by atoms with E-state index < -0.39 is 152 Å². The first-order valence-corrected chi connectivity index (χ1v) is 27.8. The highest BCUT2D eigenvalue weighted by Gasteiger charge is 2.39. The lowest BCUT2D eigenvalue weighted by Gasteiger charge is -2.43. The number of benzene rings is 2. The van der Waals surface area contributed by atoms with Gasteiger partial charge >= 0.3 is 17.9 Å². The number of aliphatic hydroxyl groups excluding tert-OH is 2. The zero-order valence-corrected chi connectivity index (χ0v) is 48.3. The molecule has 10 N–H and O–H groups in total. The monoisotopic (exact) mass is 1220 g/mol. The molecule has 2 heterocycles. The number of imide groups is 1. The first-order valence-electron chi connectivity index (χ1n) is 27.8. The number of nitrogens with zero attached hydrogens (tertiary/aromatic N) is 3. The SMILES string of the molecule is CC(C)(C)[C@H](c1cc(-c2cc(F)ccc2F)cn1Cc1ccccc1)N(CC[C@H](NC(=O)[C@H](CC(N)=O)NC(=O)CCOCCOCCOCCOCCC(=O)OCN1C(=O)CCC1=O)C(=O)NCCC(=O)N[C@H](CCC(=O)O)C(=O)O)C(O)CO. The Morgan fingerprint density at radius 1 is 0.721 bits per heavy atom. The molecule has 2 aromatic carbocycles. The van der Waals surface area contributed by atoms with E-state index in [1.165, 1.54) is 4.90 Å². The lowest BCUT2D eigenvalue weighted by atomic mass is 9.82. The predicted octanol–water partition coefficient (Wildman–Crippen LogP) is 0.853. The Bertz CT molecular complexity index is 2750. The number of aliphatic hydroxyl groups is 2. The third-order valence-electron chi connectivity index (χ3n) is 13.2. The number of halogens is 2. The van der Waals surface area contributed by atoms with Crippen LogP contribution in [0.5, 0.6) is 0 Å². The highest BCUT2D eigenvalue weighted by Crippen LogP contribution is 2.42. The van der Waals surface area contributed by atoms with Gasteiger partial charge in [0.25, 0.3) is 0 Å². The number of aromatic nitrogens is 1. The van der Waals surface area contributed by atoms with Gasteiger partial charge in [-0.15, -0.1) is 0 Å². The number of aliphatic carboxylic acids is 2. The number of ether oxygens (including phenoxy) is 5. The number of amides is 7. The van der Waals surface area contributed by atoms with Crippen molar-refractivity contribution < 1.29 is 101 Å². The zero-order chi connectivity index (χ0) is 63.3. The molecule has 7 amide bonds. The number of carboxylic acids is 2. The molecular weight excluding hydrogens is 1140 g/mol. The summed E-state index contributed by atoms with van der Waals surface area (Å²) in [6, 6.07) is 8.07. The fourth-order valence-corrected chi connectivity index (χ4v) is 8.98. The van der Waals surface area contributed by atoms with E-state index in [0.29, 0.717) is 5.69 Å². The zero-order valence-electron chi connectivity index (χ0n) is 48.3. The highest BCUT2D eigenvalue weighted by atomic mass is 19.1. The first kappa shape index (κ1) is 70.7. The molecule has 0 aliphatic carbocycles. The molecule has 27 nitrogen and oxygen atoms in total. The number of primary amides is 1. The number of likely N-dealkylation sites (tertiary alicyclic amines) is 1. The van der Waals surface area contributed by atoms with Crippen LogP contribution in [0.15, 0.2) is 60.8 Å². The van der Waals surface area contributed by atoms with Crippen molar-refractivity contribution in [1.82, 2.24) is 35.6 Å². The summed E-state index contributed by atoms with van der Waals surface area (Å²) >= 11 is 0. The largest absolute Gasteiger partial charge is 0.481 e. The quantitative estimate of drug-likeness (QED) is 0.0165. The molecule has 3 aromatic rings. The molecule has 5 atom stereocenters. The van der Waals surface area contributed by atoms with Crippen molar-refractivity contribution in [2.45, 2.75) is 115 Å². The number of carboxylic acid groups (broad SMARTS) is 2. The van der Waals surface area contributed by atoms with E-state index in [0.717, 1.165) is 28.7 Å². The fraction of sp³-hybridized carbons (Fsp3) is 0.544. The number of esters is 1. The maximum atomic E-state index is 15.4. The second-order valence-electron chi connectivity index (χ2n) is 20.9. The van der Waals surface area contributed by atoms with Gasteiger partial charge in [-0.2, -0.15) is 0 Å². The van der Waals surface area contributed by atoms with Gasteiger partial charge in [0.05, 0.1) is 78.3 Å². The molecule has 4 rings (SSSR count). The number of hydrogen-bond acceptors (Lipinski definition) is 18. The van der Waals surface area contributed by atoms with Crippen molar-refractivity contribution in [3.05, 3.63) is 83.7 Å². The van der Waals surface area contributed by atoms with Gasteiger partial charge in [0.2, 0.25) is 41.4 Å². The Morgan fingerprint density at radius 3 is 1.90 bits per heavy atom. The second kappa shape index (κ2) is 36.3. The van der Waals surface area contributed by atoms with Crippen LogP contribution in [0.25, 0.3) is 11.1 Å². The van der Waals surface area contributed by atoms with Gasteiger partial charge in [0, 0.05) is 74.8 Å². The van der Waals surface area contributed by atoms with E-state index in [4.69, 9.17) is 34.5 Å². The van der Waals surface area contributed by atoms with Gasteiger partial charge in [-0.05, 0) is 48.1 Å². The molecule has 1 aliphatic rings. The van der Waals surface area contributed by atoms with E-state index in [2.05, 4.69) is 21.3 Å². The summed E-state index contributed by atoms with van der Waals surface area (Å²) in [6.07, 6.45) is -2.89. The van der Waals surface area contributed by atoms with Crippen LogP contribution < -0.4 is 27.0 Å². The molecule has 0 radical (unpaired) electrons. The van der Waals surface area contributed by atoms with Crippen LogP contribution >= 0.6 is 0 Å². The average molecular weight is 1220 g/mol. The van der Waals surface area contributed by atoms with E-state index in [1.54, 1.807) is 16.8 Å². The molecule has 474 valence electrons. The van der Waals surface area contributed by atoms with Crippen molar-refractivity contribution in [3.63, 3.8) is 0 Å². The standard InChI is InChI=1S/C57H78F2N8O19/c1-57(2,3)53(44-29-37(39-30-38(58)9-10-40(39)59)33-65(44)32-36-7-5-4-6-8-36)66(50(74)34-68)20-16-41(54(78)61-19-15-46(70)62-42(56(80)81)11-14-51(75)76)64-55(79)43(31-45(60)69)63-47(71)17-21-82-23-25-84-27-28-85-26-24-83-22-18-52(77)86-35-67-48(72)12-13-49(67)73/h4-10,29-30,33,41-43,50,53,68,74H,11-28,31-32,34-35H2,1-3H3,(H2,60,69)(H,61,78)(H,62,70)(H,63,71)(H,64,79)(H,75,76)(H,80,81)/t41-,42+,43-,50?,53-/m0/s1. The van der Waals surface area contributed by atoms with E-state index >= 15 is 4.39 Å². The van der Waals surface area contributed by atoms with E-state index in [9.17, 15) is 67.7 Å². The molecule has 1 aliphatic heterocycles. The van der Waals surface area contributed by atoms with Gasteiger partial charge in [-0.25, -0.2) is 18.5 Å². The van der Waals surface area contributed by atoms with Crippen LogP contribution in [0.3, 0.4) is 0 Å². The molecule has 29 heteroatoms. The van der Waals surface area contributed by atoms with Crippen molar-refractivity contribution in [2.75, 3.05) is 79.3 Å². The summed E-state index contributed by atoms with van der Waals surface area (Å²) in [7, 11) is 0. The maximum Gasteiger partial charge on any atom is 0.326 e. The Labute approximate surface area is 495 Å². The third-order valence-corrected chi connectivity index (χ3v) is 13.2. The fourth-order valence-electron chi connectivity index (χ4n) is 8.98. The molecular formula is C57H78F2N8O19. The van der Waals surface area contributed by atoms with Crippen LogP contribution in [0, 0.1) is 17.0 Å². The summed E-state index contributed by atoms with van der Waals surface area (Å²) in [6.45, 7) is 4.38. The van der Waals surface area contributed by atoms with Crippen molar-refractivity contribution in [1.29, 1.82) is 0 Å². The van der Waals surface area contributed by atoms with Crippen molar-refractivity contribution >= 4 is 59.3 Å². The number of hydrogen-bond donors (Lipinski definition) is 9. The highest BCUT2D eigenvalue weighted by molar-refractivity contribution is 6.02. The average Bonchev–Trinajstić information content (AvgIpc) is 1.73. The lowest BCUT2D eigenvalue weighted by molar-refractivity contribution is -0.156. The number of nitrogens with two attached hydrogens (primary N) is 1. The number of carbonyl (C=O) groups is 10. The van der Waals surface area contributed by atoms with Crippen LogP contribution in [0.4, 0.5) is 8.78 Å². The van der Waals surface area contributed by atoms with Crippen LogP contribution in [-0.2, 0) is 78.2 Å². The molecule has 1 aromatic heterocycles. The van der Waals surface area contributed by atoms with E-state index in [1.807, 2.05) is 51.1 Å². The smallest absolute Gasteiger partial charge is 0.326 e. The van der Waals surface area contributed by atoms with Crippen LogP contribution in [0.2, 0.25) is 0 Å². The molecule has 0 bridgehead atoms. The summed E-state index contributed by atoms with van der Waals surface area (Å²) < 4.78 is 58.5. The Hall–Kier alpha value is -7.80. The third kappa shape index (κ3) is 24.7. The topological polar surface area (TPSA) is 383 Å². The van der Waals surface area contributed by atoms with Gasteiger partial charge in [-0.3, -0.25) is 48.1 Å². The molecule has 1 saturated heterocycles. The molecule has 0 saturated carbocycles. The van der Waals surface area contributed by atoms with Gasteiger partial charge in [0.15, 0.2) is 6.73 Å². The molecule has 86 heavy (non-hydrogen) atoms. The summed E-state index contributed by atoms with van der Waals surface area (Å²) in [5.74, 6) is -10.3. The Kier molecular flexibility index (Phi) is 29.8. The van der Waals surface area contributed by atoms with Crippen LogP contribution in [0.1, 0.15) is 95.9 Å². The van der Waals surface area contributed by atoms with Crippen LogP contribution in [-0.4, -0.2) is 198 Å². The second-order valence-corrected chi connectivity index (χ2v) is 20.9. The Morgan fingerprint density at radius 2 is 1.31 bits per heavy atom. The molecule has 1 unspecified atom stereocenters. The van der Waals surface area contributed by atoms with Gasteiger partial charge in [0.1, 0.15) is 36.0 Å². The predicted molar refractivity (Wildman–Crippen MR) is 298 cm³/mol. The first-order chi connectivity index (χ1) is 40.9. The van der Waals surface area contributed by atoms with Gasteiger partial charge in [-0.1, -0.05) is 51.1 Å². The van der Waals surface area contributed by atoms with Crippen molar-refractivity contribution in [2.24, 2.45) is 11.1 Å². The maximum absolute atomic E-state index is 15.4. The number of nitrogens with one attached hydrogen (secondary N) is 4. The molecule has 0 spiro atoms. The minimum absolute atomic E-state index is 0.0297. The minimum Gasteiger partial charge on any atom is -0.481 e. The van der Waals surface area contributed by atoms with Crippen molar-refractivity contribution in [3.8, 4) is 11.1 Å². The lowest BCUT2D eigenvalue weighted by Crippen LogP contribution is -2.56.